The van der Waals surface area contributed by atoms with Gasteiger partial charge in [0.2, 0.25) is 5.91 Å². The second kappa shape index (κ2) is 6.25. The summed E-state index contributed by atoms with van der Waals surface area (Å²) in [4.78, 5) is 25.3. The summed E-state index contributed by atoms with van der Waals surface area (Å²) in [6.07, 6.45) is -3.36. The minimum atomic E-state index is -4.34. The molecule has 0 spiro atoms. The number of amides is 2. The molecule has 2 rings (SSSR count). The largest absolute Gasteiger partial charge is 0.406 e. The van der Waals surface area contributed by atoms with Crippen LogP contribution in [0.3, 0.4) is 0 Å². The van der Waals surface area contributed by atoms with Gasteiger partial charge in [-0.2, -0.15) is 13.2 Å². The number of nitrogens with two attached hydrogens (primary N) is 1. The van der Waals surface area contributed by atoms with Gasteiger partial charge in [-0.25, -0.2) is 0 Å². The van der Waals surface area contributed by atoms with Crippen LogP contribution in [0.1, 0.15) is 34.6 Å². The number of nitrogens with zero attached hydrogens (tertiary/aromatic N) is 2. The van der Waals surface area contributed by atoms with Crippen molar-refractivity contribution in [2.75, 3.05) is 13.1 Å². The topological polar surface area (TPSA) is 68.3 Å². The van der Waals surface area contributed by atoms with Crippen LogP contribution in [0.4, 0.5) is 13.2 Å². The summed E-state index contributed by atoms with van der Waals surface area (Å²) in [7, 11) is 0. The quantitative estimate of drug-likeness (QED) is 0.920. The number of hydrogen-bond acceptors (Lipinski definition) is 2. The molecule has 128 valence electrons. The lowest BCUT2D eigenvalue weighted by Crippen LogP contribution is -2.41. The molecule has 1 aliphatic heterocycles. The van der Waals surface area contributed by atoms with E-state index in [4.69, 9.17) is 5.73 Å². The zero-order valence-electron chi connectivity index (χ0n) is 13.1. The lowest BCUT2D eigenvalue weighted by atomic mass is 9.96. The number of halogens is 3. The predicted octanol–water partition coefficient (Wildman–Crippen LogP) is 2.00. The van der Waals surface area contributed by atoms with Crippen LogP contribution in [0.15, 0.2) is 6.07 Å². The lowest BCUT2D eigenvalue weighted by Gasteiger charge is -2.30. The van der Waals surface area contributed by atoms with Gasteiger partial charge in [0.05, 0.1) is 5.56 Å². The Morgan fingerprint density at radius 2 is 1.83 bits per heavy atom. The Kier molecular flexibility index (Phi) is 4.72. The molecule has 0 saturated carbocycles. The van der Waals surface area contributed by atoms with E-state index < -0.39 is 12.7 Å². The van der Waals surface area contributed by atoms with Gasteiger partial charge in [0.25, 0.3) is 5.91 Å². The Balaban J connectivity index is 2.15. The zero-order chi connectivity index (χ0) is 17.4. The van der Waals surface area contributed by atoms with Crippen molar-refractivity contribution in [1.29, 1.82) is 0 Å². The van der Waals surface area contributed by atoms with Gasteiger partial charge in [0.15, 0.2) is 0 Å². The molecule has 2 heterocycles. The first-order valence-electron chi connectivity index (χ1n) is 7.42. The lowest BCUT2D eigenvalue weighted by molar-refractivity contribution is -0.141. The van der Waals surface area contributed by atoms with Crippen LogP contribution in [0.5, 0.6) is 0 Å². The van der Waals surface area contributed by atoms with Crippen molar-refractivity contribution in [2.45, 2.75) is 39.4 Å². The molecule has 0 unspecified atom stereocenters. The Morgan fingerprint density at radius 3 is 2.30 bits per heavy atom. The molecule has 0 aromatic carbocycles. The van der Waals surface area contributed by atoms with Crippen LogP contribution < -0.4 is 5.73 Å². The average Bonchev–Trinajstić information content (AvgIpc) is 2.73. The van der Waals surface area contributed by atoms with Gasteiger partial charge in [-0.3, -0.25) is 9.59 Å². The maximum atomic E-state index is 12.6. The van der Waals surface area contributed by atoms with E-state index in [1.165, 1.54) is 13.0 Å². The zero-order valence-corrected chi connectivity index (χ0v) is 13.1. The van der Waals surface area contributed by atoms with E-state index in [0.717, 1.165) is 4.57 Å². The summed E-state index contributed by atoms with van der Waals surface area (Å²) in [6, 6.07) is 1.49. The fourth-order valence-electron chi connectivity index (χ4n) is 2.98. The van der Waals surface area contributed by atoms with Crippen molar-refractivity contribution in [3.63, 3.8) is 0 Å². The average molecular weight is 331 g/mol. The summed E-state index contributed by atoms with van der Waals surface area (Å²) < 4.78 is 39.0. The Labute approximate surface area is 132 Å². The van der Waals surface area contributed by atoms with E-state index in [1.54, 1.807) is 11.8 Å². The van der Waals surface area contributed by atoms with Crippen molar-refractivity contribution in [3.8, 4) is 0 Å². The molecule has 0 aliphatic carbocycles. The molecule has 1 fully saturated rings. The molecule has 1 saturated heterocycles. The third-order valence-electron chi connectivity index (χ3n) is 4.33. The Bertz CT molecular complexity index is 614. The van der Waals surface area contributed by atoms with Crippen molar-refractivity contribution in [3.05, 3.63) is 23.0 Å². The molecular formula is C15H20F3N3O2. The second-order valence-electron chi connectivity index (χ2n) is 5.95. The number of hydrogen-bond donors (Lipinski definition) is 1. The number of primary amides is 1. The van der Waals surface area contributed by atoms with Crippen LogP contribution in [-0.4, -0.2) is 40.5 Å². The smallest absolute Gasteiger partial charge is 0.369 e. The molecular weight excluding hydrogens is 311 g/mol. The predicted molar refractivity (Wildman–Crippen MR) is 77.8 cm³/mol. The van der Waals surface area contributed by atoms with Crippen molar-refractivity contribution >= 4 is 11.8 Å². The van der Waals surface area contributed by atoms with E-state index in [0.29, 0.717) is 37.3 Å². The van der Waals surface area contributed by atoms with E-state index in [-0.39, 0.29) is 23.3 Å². The third-order valence-corrected chi connectivity index (χ3v) is 4.33. The number of carbonyl (C=O) groups is 2. The van der Waals surface area contributed by atoms with Crippen LogP contribution in [0.2, 0.25) is 0 Å². The van der Waals surface area contributed by atoms with Gasteiger partial charge in [0.1, 0.15) is 6.54 Å². The first-order valence-corrected chi connectivity index (χ1v) is 7.42. The van der Waals surface area contributed by atoms with Gasteiger partial charge < -0.3 is 15.2 Å². The minimum absolute atomic E-state index is 0.239. The number of aryl methyl sites for hydroxylation is 1. The summed E-state index contributed by atoms with van der Waals surface area (Å²) in [5.41, 5.74) is 6.24. The maximum Gasteiger partial charge on any atom is 0.406 e. The number of piperidine rings is 1. The van der Waals surface area contributed by atoms with Crippen LogP contribution in [0.25, 0.3) is 0 Å². The maximum absolute atomic E-state index is 12.6. The molecule has 0 atom stereocenters. The van der Waals surface area contributed by atoms with E-state index in [1.807, 2.05) is 0 Å². The summed E-state index contributed by atoms with van der Waals surface area (Å²) in [5, 5.41) is 0. The summed E-state index contributed by atoms with van der Waals surface area (Å²) in [5.74, 6) is -0.911. The van der Waals surface area contributed by atoms with Crippen molar-refractivity contribution in [2.24, 2.45) is 11.7 Å². The minimum Gasteiger partial charge on any atom is -0.369 e. The van der Waals surface area contributed by atoms with Gasteiger partial charge in [0, 0.05) is 30.4 Å². The highest BCUT2D eigenvalue weighted by Gasteiger charge is 2.32. The van der Waals surface area contributed by atoms with Crippen LogP contribution in [-0.2, 0) is 11.3 Å². The van der Waals surface area contributed by atoms with Gasteiger partial charge in [-0.05, 0) is 32.8 Å². The summed E-state index contributed by atoms with van der Waals surface area (Å²) >= 11 is 0. The molecule has 2 amide bonds. The molecule has 2 N–H and O–H groups in total. The third kappa shape index (κ3) is 3.86. The molecule has 1 aromatic heterocycles. The van der Waals surface area contributed by atoms with Gasteiger partial charge in [-0.1, -0.05) is 0 Å². The molecule has 1 aliphatic rings. The number of likely N-dealkylation sites (tertiary alicyclic amines) is 1. The molecule has 1 aromatic rings. The molecule has 23 heavy (non-hydrogen) atoms. The fraction of sp³-hybridized carbons (Fsp3) is 0.600. The highest BCUT2D eigenvalue weighted by atomic mass is 19.4. The normalized spacial score (nSPS) is 16.7. The highest BCUT2D eigenvalue weighted by molar-refractivity contribution is 5.96. The number of carbonyl (C=O) groups excluding carboxylic acids is 2. The highest BCUT2D eigenvalue weighted by Crippen LogP contribution is 2.25. The number of aromatic nitrogens is 1. The Hall–Kier alpha value is -1.99. The standard InChI is InChI=1S/C15H20F3N3O2/c1-9-7-12(10(2)21(9)8-15(16,17)18)14(23)20-5-3-11(4-6-20)13(19)22/h7,11H,3-6,8H2,1-2H3,(H2,19,22). The molecule has 0 radical (unpaired) electrons. The van der Waals surface area contributed by atoms with E-state index in [2.05, 4.69) is 0 Å². The first kappa shape index (κ1) is 17.4. The molecule has 0 bridgehead atoms. The van der Waals surface area contributed by atoms with Crippen LogP contribution >= 0.6 is 0 Å². The molecule has 8 heteroatoms. The van der Waals surface area contributed by atoms with Gasteiger partial charge in [-0.15, -0.1) is 0 Å². The fourth-order valence-corrected chi connectivity index (χ4v) is 2.98. The van der Waals surface area contributed by atoms with Crippen LogP contribution in [0, 0.1) is 19.8 Å². The Morgan fingerprint density at radius 1 is 1.26 bits per heavy atom. The van der Waals surface area contributed by atoms with E-state index >= 15 is 0 Å². The second-order valence-corrected chi connectivity index (χ2v) is 5.95. The van der Waals surface area contributed by atoms with E-state index in [9.17, 15) is 22.8 Å². The summed E-state index contributed by atoms with van der Waals surface area (Å²) in [6.45, 7) is 2.73. The monoisotopic (exact) mass is 331 g/mol. The first-order chi connectivity index (χ1) is 10.6. The number of rotatable bonds is 3. The van der Waals surface area contributed by atoms with Gasteiger partial charge >= 0.3 is 6.18 Å². The number of alkyl halides is 3. The van der Waals surface area contributed by atoms with Crippen molar-refractivity contribution < 1.29 is 22.8 Å². The SMILES string of the molecule is Cc1cc(C(=O)N2CCC(C(N)=O)CC2)c(C)n1CC(F)(F)F. The molecule has 5 nitrogen and oxygen atoms in total. The van der Waals surface area contributed by atoms with Crippen molar-refractivity contribution in [1.82, 2.24) is 9.47 Å².